The minimum atomic E-state index is 0.398. The first-order valence-corrected chi connectivity index (χ1v) is 7.49. The number of hydrogen-bond donors (Lipinski definition) is 0. The van der Waals surface area contributed by atoms with E-state index >= 15 is 0 Å². The highest BCUT2D eigenvalue weighted by Crippen LogP contribution is 2.17. The smallest absolute Gasteiger partial charge is 0.254 e. The predicted molar refractivity (Wildman–Crippen MR) is 84.6 cm³/mol. The second kappa shape index (κ2) is 6.25. The molecule has 110 valence electrons. The van der Waals surface area contributed by atoms with Crippen LogP contribution in [0, 0.1) is 0 Å². The van der Waals surface area contributed by atoms with Crippen molar-refractivity contribution in [2.75, 3.05) is 40.3 Å². The Morgan fingerprint density at radius 3 is 1.75 bits per heavy atom. The summed E-state index contributed by atoms with van der Waals surface area (Å²) in [7, 11) is 4.35. The zero-order valence-corrected chi connectivity index (χ0v) is 13.2. The Morgan fingerprint density at radius 2 is 1.40 bits per heavy atom. The fraction of sp³-hybridized carbons (Fsp3) is 0.625. The Bertz CT molecular complexity index is 419. The molecule has 2 heterocycles. The fourth-order valence-electron chi connectivity index (χ4n) is 3.25. The Morgan fingerprint density at radius 1 is 1.00 bits per heavy atom. The van der Waals surface area contributed by atoms with Crippen LogP contribution in [0.4, 0.5) is 0 Å². The number of likely N-dealkylation sites (N-methyl/N-ethyl adjacent to an activating group) is 2. The molecule has 0 aromatic heterocycles. The van der Waals surface area contributed by atoms with E-state index in [9.17, 15) is 0 Å². The lowest BCUT2D eigenvalue weighted by Gasteiger charge is -2.25. The molecular formula is C16H28N4+2. The van der Waals surface area contributed by atoms with Crippen molar-refractivity contribution < 1.29 is 9.15 Å². The first kappa shape index (κ1) is 14.8. The highest BCUT2D eigenvalue weighted by molar-refractivity contribution is 5.83. The molecule has 0 saturated carbocycles. The molecule has 4 heteroatoms. The molecule has 0 atom stereocenters. The van der Waals surface area contributed by atoms with Gasteiger partial charge in [-0.1, -0.05) is 12.2 Å². The van der Waals surface area contributed by atoms with Gasteiger partial charge in [0.1, 0.15) is 26.2 Å². The van der Waals surface area contributed by atoms with E-state index in [1.807, 2.05) is 12.2 Å². The minimum Gasteiger partial charge on any atom is -0.264 e. The van der Waals surface area contributed by atoms with E-state index < -0.39 is 0 Å². The van der Waals surface area contributed by atoms with Gasteiger partial charge in [-0.15, -0.1) is 13.2 Å². The van der Waals surface area contributed by atoms with E-state index in [0.717, 1.165) is 39.0 Å². The Labute approximate surface area is 123 Å². The number of amidine groups is 2. The van der Waals surface area contributed by atoms with Gasteiger partial charge in [0.2, 0.25) is 6.17 Å². The molecule has 2 aliphatic heterocycles. The van der Waals surface area contributed by atoms with Gasteiger partial charge in [-0.05, 0) is 0 Å². The Kier molecular flexibility index (Phi) is 4.63. The van der Waals surface area contributed by atoms with Gasteiger partial charge in [0.15, 0.2) is 0 Å². The molecule has 0 aromatic rings. The molecule has 4 nitrogen and oxygen atoms in total. The second-order valence-electron chi connectivity index (χ2n) is 5.68. The Hall–Kier alpha value is -1.58. The molecule has 0 spiro atoms. The van der Waals surface area contributed by atoms with Gasteiger partial charge in [-0.25, -0.2) is 9.80 Å². The van der Waals surface area contributed by atoms with Crippen molar-refractivity contribution >= 4 is 11.7 Å². The number of nitrogens with zero attached hydrogens (tertiary/aromatic N) is 4. The number of hydrogen-bond acceptors (Lipinski definition) is 2. The molecule has 2 aliphatic rings. The second-order valence-corrected chi connectivity index (χ2v) is 5.68. The maximum Gasteiger partial charge on any atom is 0.254 e. The lowest BCUT2D eigenvalue weighted by atomic mass is 10.2. The summed E-state index contributed by atoms with van der Waals surface area (Å²) in [5.74, 6) is 2.78. The largest absolute Gasteiger partial charge is 0.264 e. The molecule has 0 N–H and O–H groups in total. The molecule has 0 aliphatic carbocycles. The minimum absolute atomic E-state index is 0.398. The summed E-state index contributed by atoms with van der Waals surface area (Å²) < 4.78 is 4.70. The van der Waals surface area contributed by atoms with Crippen LogP contribution in [-0.4, -0.2) is 77.1 Å². The molecule has 20 heavy (non-hydrogen) atoms. The van der Waals surface area contributed by atoms with Gasteiger partial charge in [0.05, 0.1) is 26.9 Å². The van der Waals surface area contributed by atoms with E-state index in [1.54, 1.807) is 0 Å². The zero-order chi connectivity index (χ0) is 14.7. The van der Waals surface area contributed by atoms with Crippen molar-refractivity contribution in [1.29, 1.82) is 0 Å². The third-order valence-corrected chi connectivity index (χ3v) is 4.45. The Balaban J connectivity index is 2.17. The van der Waals surface area contributed by atoms with Crippen LogP contribution < -0.4 is 0 Å². The van der Waals surface area contributed by atoms with Crippen LogP contribution in [0.3, 0.4) is 0 Å². The summed E-state index contributed by atoms with van der Waals surface area (Å²) in [5, 5.41) is 0. The molecule has 0 fully saturated rings. The fourth-order valence-corrected chi connectivity index (χ4v) is 3.25. The van der Waals surface area contributed by atoms with Crippen molar-refractivity contribution in [1.82, 2.24) is 9.80 Å². The first-order valence-electron chi connectivity index (χ1n) is 7.49. The van der Waals surface area contributed by atoms with Crippen LogP contribution in [0.2, 0.25) is 0 Å². The van der Waals surface area contributed by atoms with E-state index in [4.69, 9.17) is 0 Å². The highest BCUT2D eigenvalue weighted by Gasteiger charge is 2.42. The van der Waals surface area contributed by atoms with Crippen LogP contribution in [0.25, 0.3) is 0 Å². The summed E-state index contributed by atoms with van der Waals surface area (Å²) >= 11 is 0. The lowest BCUT2D eigenvalue weighted by molar-refractivity contribution is -0.487. The van der Waals surface area contributed by atoms with E-state index in [2.05, 4.69) is 53.1 Å². The molecule has 0 radical (unpaired) electrons. The molecule has 0 aromatic carbocycles. The van der Waals surface area contributed by atoms with Crippen molar-refractivity contribution in [2.24, 2.45) is 0 Å². The first-order chi connectivity index (χ1) is 9.60. The topological polar surface area (TPSA) is 12.5 Å². The summed E-state index contributed by atoms with van der Waals surface area (Å²) in [4.78, 5) is 5.04. The molecular weight excluding hydrogens is 248 g/mol. The third kappa shape index (κ3) is 2.65. The summed E-state index contributed by atoms with van der Waals surface area (Å²) in [6.07, 6.45) is 6.29. The molecule has 0 saturated heterocycles. The van der Waals surface area contributed by atoms with Crippen LogP contribution in [0.15, 0.2) is 25.3 Å². The molecule has 0 amide bonds. The van der Waals surface area contributed by atoms with E-state index in [1.165, 1.54) is 11.7 Å². The van der Waals surface area contributed by atoms with Gasteiger partial charge in [-0.2, -0.15) is 0 Å². The average Bonchev–Trinajstić information content (AvgIpc) is 2.96. The third-order valence-electron chi connectivity index (χ3n) is 4.45. The van der Waals surface area contributed by atoms with E-state index in [-0.39, 0.29) is 0 Å². The van der Waals surface area contributed by atoms with Crippen LogP contribution in [0.5, 0.6) is 0 Å². The zero-order valence-electron chi connectivity index (χ0n) is 13.2. The van der Waals surface area contributed by atoms with Crippen molar-refractivity contribution in [3.05, 3.63) is 25.3 Å². The molecule has 0 bridgehead atoms. The van der Waals surface area contributed by atoms with E-state index in [0.29, 0.717) is 6.17 Å². The van der Waals surface area contributed by atoms with Crippen LogP contribution in [-0.2, 0) is 0 Å². The molecule has 0 unspecified atom stereocenters. The SMILES string of the molecule is C=CCC1=[N+](C)CCN1C(C)N1CC[N+](C)=C1CC=C. The quantitative estimate of drug-likeness (QED) is 0.534. The van der Waals surface area contributed by atoms with Gasteiger partial charge >= 0.3 is 0 Å². The van der Waals surface area contributed by atoms with Gasteiger partial charge < -0.3 is 0 Å². The predicted octanol–water partition coefficient (Wildman–Crippen LogP) is 1.20. The van der Waals surface area contributed by atoms with Crippen molar-refractivity contribution in [3.8, 4) is 0 Å². The maximum absolute atomic E-state index is 3.89. The van der Waals surface area contributed by atoms with Crippen molar-refractivity contribution in [2.45, 2.75) is 25.9 Å². The van der Waals surface area contributed by atoms with Gasteiger partial charge in [0, 0.05) is 6.92 Å². The summed E-state index contributed by atoms with van der Waals surface area (Å²) in [6, 6.07) is 0. The van der Waals surface area contributed by atoms with Gasteiger partial charge in [-0.3, -0.25) is 9.15 Å². The molecule has 2 rings (SSSR count). The summed E-state index contributed by atoms with van der Waals surface area (Å²) in [6.45, 7) is 14.5. The normalized spacial score (nSPS) is 19.6. The number of rotatable bonds is 6. The highest BCUT2D eigenvalue weighted by atomic mass is 15.4. The van der Waals surface area contributed by atoms with Crippen LogP contribution in [0.1, 0.15) is 19.8 Å². The van der Waals surface area contributed by atoms with Crippen molar-refractivity contribution in [3.63, 3.8) is 0 Å². The monoisotopic (exact) mass is 276 g/mol. The standard InChI is InChI=1S/C16H28N4/c1-6-8-15-17(4)10-12-19(15)14(3)20-13-11-18(5)16(20)9-7-2/h6-7,14H,1-2,8-13H2,3-5H3/q+2. The van der Waals surface area contributed by atoms with Crippen LogP contribution >= 0.6 is 0 Å². The average molecular weight is 276 g/mol. The maximum atomic E-state index is 3.89. The van der Waals surface area contributed by atoms with Gasteiger partial charge in [0.25, 0.3) is 11.7 Å². The lowest BCUT2D eigenvalue weighted by Crippen LogP contribution is -2.50. The summed E-state index contributed by atoms with van der Waals surface area (Å²) in [5.41, 5.74) is 0.